The first-order chi connectivity index (χ1) is 9.46. The van der Waals surface area contributed by atoms with Crippen molar-refractivity contribution < 1.29 is 13.2 Å². The number of aromatic nitrogens is 2. The quantitative estimate of drug-likeness (QED) is 0.782. The average Bonchev–Trinajstić information content (AvgIpc) is 2.75. The molecular formula is C13H15ClF3N3. The highest BCUT2D eigenvalue weighted by atomic mass is 35.5. The van der Waals surface area contributed by atoms with Gasteiger partial charge in [-0.05, 0) is 18.6 Å². The van der Waals surface area contributed by atoms with E-state index in [1.807, 2.05) is 6.92 Å². The maximum absolute atomic E-state index is 12.7. The molecule has 2 aromatic heterocycles. The van der Waals surface area contributed by atoms with E-state index in [0.717, 1.165) is 0 Å². The van der Waals surface area contributed by atoms with Gasteiger partial charge in [0, 0.05) is 12.7 Å². The van der Waals surface area contributed by atoms with Crippen LogP contribution in [0.4, 0.5) is 19.0 Å². The van der Waals surface area contributed by atoms with Gasteiger partial charge in [0.1, 0.15) is 12.2 Å². The first-order valence-electron chi connectivity index (χ1n) is 6.30. The van der Waals surface area contributed by atoms with Gasteiger partial charge >= 0.3 is 6.18 Å². The first kappa shape index (κ1) is 15.0. The van der Waals surface area contributed by atoms with E-state index >= 15 is 0 Å². The molecule has 0 saturated heterocycles. The summed E-state index contributed by atoms with van der Waals surface area (Å²) in [7, 11) is 0. The van der Waals surface area contributed by atoms with E-state index in [2.05, 4.69) is 4.98 Å². The van der Waals surface area contributed by atoms with Crippen LogP contribution in [0.2, 0.25) is 0 Å². The Hall–Kier alpha value is -1.43. The standard InChI is InChI=1S/C13H15ClF3N3/c1-2-6-19(9-13(15,16)17)12-10(8-14)20-7-4-3-5-11(20)18-12/h3-5,7H,2,6,8-9H2,1H3. The van der Waals surface area contributed by atoms with Crippen LogP contribution in [0.1, 0.15) is 19.0 Å². The minimum atomic E-state index is -4.27. The molecule has 2 aromatic rings. The van der Waals surface area contributed by atoms with Crippen LogP contribution in [0, 0.1) is 0 Å². The lowest BCUT2D eigenvalue weighted by molar-refractivity contribution is -0.119. The fourth-order valence-electron chi connectivity index (χ4n) is 2.16. The van der Waals surface area contributed by atoms with Gasteiger partial charge in [-0.15, -0.1) is 11.6 Å². The Morgan fingerprint density at radius 1 is 1.35 bits per heavy atom. The van der Waals surface area contributed by atoms with E-state index in [0.29, 0.717) is 23.6 Å². The number of hydrogen-bond acceptors (Lipinski definition) is 2. The molecule has 0 fully saturated rings. The topological polar surface area (TPSA) is 20.5 Å². The fraction of sp³-hybridized carbons (Fsp3) is 0.462. The molecule has 110 valence electrons. The summed E-state index contributed by atoms with van der Waals surface area (Å²) in [5, 5.41) is 0. The van der Waals surface area contributed by atoms with Crippen LogP contribution >= 0.6 is 11.6 Å². The number of imidazole rings is 1. The lowest BCUT2D eigenvalue weighted by Gasteiger charge is -2.24. The van der Waals surface area contributed by atoms with Gasteiger partial charge in [0.15, 0.2) is 5.82 Å². The van der Waals surface area contributed by atoms with Gasteiger partial charge in [0.05, 0.1) is 11.6 Å². The number of fused-ring (bicyclic) bond motifs is 1. The predicted octanol–water partition coefficient (Wildman–Crippen LogP) is 3.85. The molecule has 0 bridgehead atoms. The molecule has 20 heavy (non-hydrogen) atoms. The van der Waals surface area contributed by atoms with E-state index in [9.17, 15) is 13.2 Å². The van der Waals surface area contributed by atoms with Gasteiger partial charge in [-0.25, -0.2) is 4.98 Å². The molecular weight excluding hydrogens is 291 g/mol. The summed E-state index contributed by atoms with van der Waals surface area (Å²) in [5.74, 6) is 0.420. The van der Waals surface area contributed by atoms with E-state index in [4.69, 9.17) is 11.6 Å². The summed E-state index contributed by atoms with van der Waals surface area (Å²) >= 11 is 5.90. The Balaban J connectivity index is 2.46. The molecule has 0 amide bonds. The van der Waals surface area contributed by atoms with Crippen molar-refractivity contribution in [2.75, 3.05) is 18.0 Å². The zero-order valence-corrected chi connectivity index (χ0v) is 11.7. The summed E-state index contributed by atoms with van der Waals surface area (Å²) in [6.45, 7) is 1.10. The second-order valence-electron chi connectivity index (χ2n) is 4.48. The van der Waals surface area contributed by atoms with E-state index in [1.54, 1.807) is 28.8 Å². The molecule has 2 heterocycles. The molecule has 2 rings (SSSR count). The molecule has 0 N–H and O–H groups in total. The molecule has 0 aliphatic carbocycles. The van der Waals surface area contributed by atoms with Crippen LogP contribution in [0.25, 0.3) is 5.65 Å². The Morgan fingerprint density at radius 2 is 2.10 bits per heavy atom. The number of nitrogens with zero attached hydrogens (tertiary/aromatic N) is 3. The Bertz CT molecular complexity index is 580. The van der Waals surface area contributed by atoms with E-state index in [-0.39, 0.29) is 12.4 Å². The van der Waals surface area contributed by atoms with Crippen molar-refractivity contribution >= 4 is 23.1 Å². The summed E-state index contributed by atoms with van der Waals surface area (Å²) in [5.41, 5.74) is 1.18. The minimum Gasteiger partial charge on any atom is -0.346 e. The summed E-state index contributed by atoms with van der Waals surface area (Å²) in [6.07, 6.45) is -1.92. The van der Waals surface area contributed by atoms with Crippen molar-refractivity contribution in [3.05, 3.63) is 30.1 Å². The number of hydrogen-bond donors (Lipinski definition) is 0. The average molecular weight is 306 g/mol. The molecule has 0 atom stereocenters. The maximum Gasteiger partial charge on any atom is 0.405 e. The van der Waals surface area contributed by atoms with Crippen molar-refractivity contribution in [3.63, 3.8) is 0 Å². The van der Waals surface area contributed by atoms with Gasteiger partial charge < -0.3 is 9.30 Å². The summed E-state index contributed by atoms with van der Waals surface area (Å²) in [4.78, 5) is 5.53. The van der Waals surface area contributed by atoms with E-state index in [1.165, 1.54) is 4.90 Å². The molecule has 3 nitrogen and oxygen atoms in total. The number of rotatable bonds is 5. The highest BCUT2D eigenvalue weighted by molar-refractivity contribution is 6.17. The Kier molecular flexibility index (Phi) is 4.42. The second-order valence-corrected chi connectivity index (χ2v) is 4.75. The summed E-state index contributed by atoms with van der Waals surface area (Å²) in [6, 6.07) is 5.33. The molecule has 0 unspecified atom stereocenters. The van der Waals surface area contributed by atoms with Crippen molar-refractivity contribution in [3.8, 4) is 0 Å². The molecule has 0 aliphatic rings. The highest BCUT2D eigenvalue weighted by Gasteiger charge is 2.32. The molecule has 0 saturated carbocycles. The van der Waals surface area contributed by atoms with Crippen LogP contribution in [0.3, 0.4) is 0 Å². The van der Waals surface area contributed by atoms with Gasteiger partial charge in [-0.3, -0.25) is 0 Å². The molecule has 0 spiro atoms. The Morgan fingerprint density at radius 3 is 2.70 bits per heavy atom. The van der Waals surface area contributed by atoms with Crippen LogP contribution in [-0.4, -0.2) is 28.7 Å². The highest BCUT2D eigenvalue weighted by Crippen LogP contribution is 2.27. The fourth-order valence-corrected chi connectivity index (χ4v) is 2.41. The van der Waals surface area contributed by atoms with Gasteiger partial charge in [0.2, 0.25) is 0 Å². The molecule has 0 aromatic carbocycles. The second kappa shape index (κ2) is 5.91. The van der Waals surface area contributed by atoms with Crippen molar-refractivity contribution in [2.45, 2.75) is 25.4 Å². The normalized spacial score (nSPS) is 12.1. The molecule has 7 heteroatoms. The number of pyridine rings is 1. The maximum atomic E-state index is 12.7. The van der Waals surface area contributed by atoms with Gasteiger partial charge in [-0.2, -0.15) is 13.2 Å². The monoisotopic (exact) mass is 305 g/mol. The van der Waals surface area contributed by atoms with Crippen LogP contribution in [-0.2, 0) is 5.88 Å². The molecule has 0 radical (unpaired) electrons. The third-order valence-electron chi connectivity index (χ3n) is 2.90. The lowest BCUT2D eigenvalue weighted by Crippen LogP contribution is -2.35. The predicted molar refractivity (Wildman–Crippen MR) is 73.3 cm³/mol. The third-order valence-corrected chi connectivity index (χ3v) is 3.15. The zero-order valence-electron chi connectivity index (χ0n) is 11.0. The summed E-state index contributed by atoms with van der Waals surface area (Å²) < 4.78 is 39.8. The largest absolute Gasteiger partial charge is 0.405 e. The van der Waals surface area contributed by atoms with Crippen LogP contribution in [0.15, 0.2) is 24.4 Å². The lowest BCUT2D eigenvalue weighted by atomic mass is 10.3. The zero-order chi connectivity index (χ0) is 14.8. The number of alkyl halides is 4. The van der Waals surface area contributed by atoms with Crippen LogP contribution < -0.4 is 4.90 Å². The minimum absolute atomic E-state index is 0.110. The van der Waals surface area contributed by atoms with Crippen molar-refractivity contribution in [1.29, 1.82) is 0 Å². The van der Waals surface area contributed by atoms with Crippen molar-refractivity contribution in [1.82, 2.24) is 9.38 Å². The SMILES string of the molecule is CCCN(CC(F)(F)F)c1nc2ccccn2c1CCl. The van der Waals surface area contributed by atoms with Crippen LogP contribution in [0.5, 0.6) is 0 Å². The number of halogens is 4. The number of anilines is 1. The van der Waals surface area contributed by atoms with Gasteiger partial charge in [-0.1, -0.05) is 13.0 Å². The van der Waals surface area contributed by atoms with Gasteiger partial charge in [0.25, 0.3) is 0 Å². The molecule has 0 aliphatic heterocycles. The third kappa shape index (κ3) is 3.17. The smallest absolute Gasteiger partial charge is 0.346 e. The van der Waals surface area contributed by atoms with Crippen molar-refractivity contribution in [2.24, 2.45) is 0 Å². The first-order valence-corrected chi connectivity index (χ1v) is 6.83. The Labute approximate surface area is 120 Å². The van der Waals surface area contributed by atoms with E-state index < -0.39 is 12.7 Å².